The molecule has 1 fully saturated rings. The highest BCUT2D eigenvalue weighted by Crippen LogP contribution is 2.26. The molecule has 1 saturated carbocycles. The zero-order valence-electron chi connectivity index (χ0n) is 11.1. The fourth-order valence-electron chi connectivity index (χ4n) is 2.59. The summed E-state index contributed by atoms with van der Waals surface area (Å²) in [5, 5.41) is 19.5. The monoisotopic (exact) mass is 250 g/mol. The van der Waals surface area contributed by atoms with Crippen molar-refractivity contribution in [3.63, 3.8) is 0 Å². The van der Waals surface area contributed by atoms with Crippen LogP contribution in [-0.2, 0) is 0 Å². The number of pyridine rings is 1. The van der Waals surface area contributed by atoms with E-state index in [1.54, 1.807) is 13.1 Å². The molecular weight excluding hydrogens is 228 g/mol. The minimum absolute atomic E-state index is 0.179. The van der Waals surface area contributed by atoms with E-state index in [1.165, 1.54) is 6.42 Å². The van der Waals surface area contributed by atoms with E-state index in [9.17, 15) is 10.2 Å². The lowest BCUT2D eigenvalue weighted by atomic mass is 9.91. The van der Waals surface area contributed by atoms with Gasteiger partial charge in [-0.05, 0) is 31.9 Å². The number of aliphatic hydroxyl groups excluding tert-OH is 2. The summed E-state index contributed by atoms with van der Waals surface area (Å²) in [4.78, 5) is 6.35. The zero-order chi connectivity index (χ0) is 13.1. The van der Waals surface area contributed by atoms with Gasteiger partial charge in [-0.15, -0.1) is 0 Å². The molecule has 1 aliphatic carbocycles. The fraction of sp³-hybridized carbons (Fsp3) is 0.643. The fourth-order valence-corrected chi connectivity index (χ4v) is 2.59. The Morgan fingerprint density at radius 1 is 1.33 bits per heavy atom. The Morgan fingerprint density at radius 2 is 2.06 bits per heavy atom. The third-order valence-electron chi connectivity index (χ3n) is 3.80. The Balaban J connectivity index is 2.10. The van der Waals surface area contributed by atoms with E-state index in [1.807, 2.05) is 19.2 Å². The molecule has 1 aromatic heterocycles. The predicted octanol–water partition coefficient (Wildman–Crippen LogP) is 1.87. The van der Waals surface area contributed by atoms with Crippen molar-refractivity contribution in [3.05, 3.63) is 24.0 Å². The standard InChI is InChI=1S/C14H22N2O2/c1-10(17)12-8-7-11(9-15-12)16(2)13-5-3-4-6-14(13)18/h7-10,13-14,17-18H,3-6H2,1-2H3/t10-,13?,14?/m0/s1. The van der Waals surface area contributed by atoms with Crippen LogP contribution >= 0.6 is 0 Å². The van der Waals surface area contributed by atoms with Gasteiger partial charge in [0.15, 0.2) is 0 Å². The summed E-state index contributed by atoms with van der Waals surface area (Å²) in [7, 11) is 2.00. The highest BCUT2D eigenvalue weighted by Gasteiger charge is 2.26. The normalized spacial score (nSPS) is 25.8. The molecule has 2 N–H and O–H groups in total. The van der Waals surface area contributed by atoms with Gasteiger partial charge in [-0.25, -0.2) is 0 Å². The molecule has 0 bridgehead atoms. The van der Waals surface area contributed by atoms with Crippen LogP contribution < -0.4 is 4.90 Å². The second kappa shape index (κ2) is 5.67. The molecule has 0 amide bonds. The molecule has 100 valence electrons. The van der Waals surface area contributed by atoms with Gasteiger partial charge in [-0.2, -0.15) is 0 Å². The van der Waals surface area contributed by atoms with E-state index in [0.717, 1.165) is 24.9 Å². The predicted molar refractivity (Wildman–Crippen MR) is 71.5 cm³/mol. The van der Waals surface area contributed by atoms with Gasteiger partial charge in [0.1, 0.15) is 0 Å². The summed E-state index contributed by atoms with van der Waals surface area (Å²) in [6.45, 7) is 1.70. The van der Waals surface area contributed by atoms with Crippen LogP contribution in [0.4, 0.5) is 5.69 Å². The van der Waals surface area contributed by atoms with Crippen molar-refractivity contribution < 1.29 is 10.2 Å². The second-order valence-corrected chi connectivity index (χ2v) is 5.15. The molecule has 4 heteroatoms. The summed E-state index contributed by atoms with van der Waals surface area (Å²) in [6, 6.07) is 3.97. The molecule has 3 atom stereocenters. The summed E-state index contributed by atoms with van der Waals surface area (Å²) < 4.78 is 0. The Hall–Kier alpha value is -1.13. The molecule has 0 aromatic carbocycles. The molecule has 0 radical (unpaired) electrons. The van der Waals surface area contributed by atoms with E-state index in [4.69, 9.17) is 0 Å². The average Bonchev–Trinajstić information content (AvgIpc) is 2.38. The van der Waals surface area contributed by atoms with Crippen LogP contribution in [0.15, 0.2) is 18.3 Å². The van der Waals surface area contributed by atoms with Crippen LogP contribution in [0.3, 0.4) is 0 Å². The largest absolute Gasteiger partial charge is 0.391 e. The van der Waals surface area contributed by atoms with E-state index in [0.29, 0.717) is 5.69 Å². The Labute approximate surface area is 108 Å². The highest BCUT2D eigenvalue weighted by atomic mass is 16.3. The summed E-state index contributed by atoms with van der Waals surface area (Å²) in [5.41, 5.74) is 1.67. The third-order valence-corrected chi connectivity index (χ3v) is 3.80. The maximum absolute atomic E-state index is 10.0. The van der Waals surface area contributed by atoms with Crippen molar-refractivity contribution in [1.29, 1.82) is 0 Å². The first-order chi connectivity index (χ1) is 8.59. The SMILES string of the molecule is C[C@H](O)c1ccc(N(C)C2CCCCC2O)cn1. The molecule has 1 heterocycles. The number of hydrogen-bond acceptors (Lipinski definition) is 4. The summed E-state index contributed by atoms with van der Waals surface area (Å²) >= 11 is 0. The first kappa shape index (κ1) is 13.3. The van der Waals surface area contributed by atoms with Crippen LogP contribution in [0, 0.1) is 0 Å². The van der Waals surface area contributed by atoms with Crippen LogP contribution in [-0.4, -0.2) is 34.4 Å². The van der Waals surface area contributed by atoms with Crippen LogP contribution in [0.25, 0.3) is 0 Å². The number of hydrogen-bond donors (Lipinski definition) is 2. The van der Waals surface area contributed by atoms with Crippen LogP contribution in [0.2, 0.25) is 0 Å². The van der Waals surface area contributed by atoms with Gasteiger partial charge >= 0.3 is 0 Å². The number of nitrogens with zero attached hydrogens (tertiary/aromatic N) is 2. The van der Waals surface area contributed by atoms with E-state index >= 15 is 0 Å². The maximum Gasteiger partial charge on any atom is 0.0931 e. The zero-order valence-corrected chi connectivity index (χ0v) is 11.1. The van der Waals surface area contributed by atoms with Gasteiger partial charge in [0.05, 0.1) is 35.8 Å². The maximum atomic E-state index is 10.0. The van der Waals surface area contributed by atoms with E-state index < -0.39 is 6.10 Å². The Kier molecular flexibility index (Phi) is 4.19. The molecule has 2 unspecified atom stereocenters. The molecular formula is C14H22N2O2. The van der Waals surface area contributed by atoms with Crippen molar-refractivity contribution in [2.45, 2.75) is 50.9 Å². The molecule has 1 aliphatic rings. The first-order valence-electron chi connectivity index (χ1n) is 6.64. The molecule has 0 aliphatic heterocycles. The van der Waals surface area contributed by atoms with Gasteiger partial charge in [0.2, 0.25) is 0 Å². The van der Waals surface area contributed by atoms with Crippen molar-refractivity contribution >= 4 is 5.69 Å². The minimum atomic E-state index is -0.537. The molecule has 0 saturated heterocycles. The molecule has 18 heavy (non-hydrogen) atoms. The van der Waals surface area contributed by atoms with Crippen molar-refractivity contribution in [3.8, 4) is 0 Å². The Bertz CT molecular complexity index is 378. The first-order valence-corrected chi connectivity index (χ1v) is 6.64. The number of aromatic nitrogens is 1. The molecule has 4 nitrogen and oxygen atoms in total. The van der Waals surface area contributed by atoms with E-state index in [-0.39, 0.29) is 12.1 Å². The van der Waals surface area contributed by atoms with Gasteiger partial charge in [0, 0.05) is 7.05 Å². The number of anilines is 1. The smallest absolute Gasteiger partial charge is 0.0931 e. The lowest BCUT2D eigenvalue weighted by Crippen LogP contribution is -2.43. The van der Waals surface area contributed by atoms with Gasteiger partial charge in [-0.1, -0.05) is 12.8 Å². The topological polar surface area (TPSA) is 56.6 Å². The van der Waals surface area contributed by atoms with Crippen molar-refractivity contribution in [1.82, 2.24) is 4.98 Å². The molecule has 2 rings (SSSR count). The highest BCUT2D eigenvalue weighted by molar-refractivity contribution is 5.45. The van der Waals surface area contributed by atoms with Crippen LogP contribution in [0.5, 0.6) is 0 Å². The quantitative estimate of drug-likeness (QED) is 0.860. The van der Waals surface area contributed by atoms with E-state index in [2.05, 4.69) is 9.88 Å². The van der Waals surface area contributed by atoms with Crippen molar-refractivity contribution in [2.24, 2.45) is 0 Å². The molecule has 1 aromatic rings. The number of aliphatic hydroxyl groups is 2. The number of likely N-dealkylation sites (N-methyl/N-ethyl adjacent to an activating group) is 1. The van der Waals surface area contributed by atoms with Crippen molar-refractivity contribution in [2.75, 3.05) is 11.9 Å². The molecule has 0 spiro atoms. The lowest BCUT2D eigenvalue weighted by Gasteiger charge is -2.36. The summed E-state index contributed by atoms with van der Waals surface area (Å²) in [5.74, 6) is 0. The van der Waals surface area contributed by atoms with Crippen LogP contribution in [0.1, 0.15) is 44.4 Å². The van der Waals surface area contributed by atoms with Gasteiger partial charge < -0.3 is 15.1 Å². The second-order valence-electron chi connectivity index (χ2n) is 5.15. The van der Waals surface area contributed by atoms with Gasteiger partial charge in [-0.3, -0.25) is 4.98 Å². The van der Waals surface area contributed by atoms with Gasteiger partial charge in [0.25, 0.3) is 0 Å². The average molecular weight is 250 g/mol. The Morgan fingerprint density at radius 3 is 2.61 bits per heavy atom. The lowest BCUT2D eigenvalue weighted by molar-refractivity contribution is 0.106. The minimum Gasteiger partial charge on any atom is -0.391 e. The third kappa shape index (κ3) is 2.82. The summed E-state index contributed by atoms with van der Waals surface area (Å²) in [6.07, 6.45) is 5.17. The number of rotatable bonds is 3.